The van der Waals surface area contributed by atoms with Crippen LogP contribution in [-0.4, -0.2) is 23.5 Å². The zero-order chi connectivity index (χ0) is 10.3. The summed E-state index contributed by atoms with van der Waals surface area (Å²) in [6.45, 7) is 1.24. The van der Waals surface area contributed by atoms with E-state index in [0.29, 0.717) is 6.04 Å². The van der Waals surface area contributed by atoms with Gasteiger partial charge in [0.05, 0.1) is 0 Å². The molecule has 0 bridgehead atoms. The van der Waals surface area contributed by atoms with Gasteiger partial charge >= 0.3 is 0 Å². The van der Waals surface area contributed by atoms with Crippen molar-refractivity contribution in [3.05, 3.63) is 24.4 Å². The van der Waals surface area contributed by atoms with Crippen molar-refractivity contribution in [3.63, 3.8) is 0 Å². The van der Waals surface area contributed by atoms with E-state index in [4.69, 9.17) is 5.73 Å². The van der Waals surface area contributed by atoms with Gasteiger partial charge in [0.2, 0.25) is 0 Å². The van der Waals surface area contributed by atoms with Crippen molar-refractivity contribution >= 4 is 0 Å². The minimum Gasteiger partial charge on any atom is -0.374 e. The lowest BCUT2D eigenvalue weighted by Gasteiger charge is -2.48. The van der Waals surface area contributed by atoms with Crippen molar-refractivity contribution in [2.24, 2.45) is 17.6 Å². The minimum absolute atomic E-state index is 0.278. The van der Waals surface area contributed by atoms with Gasteiger partial charge in [-0.05, 0) is 37.8 Å². The fraction of sp³-hybridized carbons (Fsp3) is 0.692. The maximum absolute atomic E-state index is 6.03. The summed E-state index contributed by atoms with van der Waals surface area (Å²) in [5.74, 6) is 1.69. The standard InChI is InChI=1S/C13H20N2/c14-11-6-8-15-7-5-10-3-1-2-4-12(10)13(15)9-11/h2,4,6,8,10-13H,1,3,5,7,9,14H2. The molecular weight excluding hydrogens is 184 g/mol. The fourth-order valence-corrected chi connectivity index (χ4v) is 3.45. The van der Waals surface area contributed by atoms with E-state index >= 15 is 0 Å². The molecule has 2 N–H and O–H groups in total. The number of nitrogens with two attached hydrogens (primary N) is 1. The molecule has 1 aliphatic carbocycles. The Morgan fingerprint density at radius 2 is 2.13 bits per heavy atom. The molecule has 0 aromatic carbocycles. The fourth-order valence-electron chi connectivity index (χ4n) is 3.45. The third-order valence-corrected chi connectivity index (χ3v) is 4.27. The van der Waals surface area contributed by atoms with E-state index in [1.54, 1.807) is 0 Å². The first kappa shape index (κ1) is 9.46. The van der Waals surface area contributed by atoms with Crippen LogP contribution < -0.4 is 5.73 Å². The number of hydrogen-bond donors (Lipinski definition) is 1. The van der Waals surface area contributed by atoms with Gasteiger partial charge in [-0.15, -0.1) is 0 Å². The molecule has 2 heterocycles. The van der Waals surface area contributed by atoms with E-state index in [2.05, 4.69) is 29.3 Å². The summed E-state index contributed by atoms with van der Waals surface area (Å²) in [7, 11) is 0. The predicted molar refractivity (Wildman–Crippen MR) is 62.2 cm³/mol. The van der Waals surface area contributed by atoms with Crippen LogP contribution in [0.15, 0.2) is 24.4 Å². The maximum Gasteiger partial charge on any atom is 0.0367 e. The van der Waals surface area contributed by atoms with Crippen molar-refractivity contribution in [2.45, 2.75) is 37.8 Å². The Labute approximate surface area is 91.8 Å². The number of piperidine rings is 1. The highest BCUT2D eigenvalue weighted by molar-refractivity contribution is 5.11. The maximum atomic E-state index is 6.03. The van der Waals surface area contributed by atoms with Crippen LogP contribution in [0.3, 0.4) is 0 Å². The summed E-state index contributed by atoms with van der Waals surface area (Å²) >= 11 is 0. The number of hydrogen-bond acceptors (Lipinski definition) is 2. The first-order chi connectivity index (χ1) is 7.34. The van der Waals surface area contributed by atoms with E-state index in [0.717, 1.165) is 18.3 Å². The molecule has 2 heteroatoms. The molecule has 0 spiro atoms. The summed E-state index contributed by atoms with van der Waals surface area (Å²) in [6, 6.07) is 0.959. The summed E-state index contributed by atoms with van der Waals surface area (Å²) in [4.78, 5) is 2.51. The highest BCUT2D eigenvalue weighted by atomic mass is 15.2. The van der Waals surface area contributed by atoms with E-state index in [1.807, 2.05) is 0 Å². The molecular formula is C13H20N2. The average molecular weight is 204 g/mol. The topological polar surface area (TPSA) is 29.3 Å². The quantitative estimate of drug-likeness (QED) is 0.611. The second-order valence-electron chi connectivity index (χ2n) is 5.18. The number of rotatable bonds is 0. The largest absolute Gasteiger partial charge is 0.374 e. The van der Waals surface area contributed by atoms with Crippen molar-refractivity contribution < 1.29 is 0 Å². The molecule has 0 saturated carbocycles. The van der Waals surface area contributed by atoms with Crippen LogP contribution in [0.1, 0.15) is 25.7 Å². The van der Waals surface area contributed by atoms with E-state index < -0.39 is 0 Å². The highest BCUT2D eigenvalue weighted by Crippen LogP contribution is 2.39. The zero-order valence-electron chi connectivity index (χ0n) is 9.18. The Hall–Kier alpha value is -0.760. The molecule has 3 rings (SSSR count). The minimum atomic E-state index is 0.278. The van der Waals surface area contributed by atoms with Crippen LogP contribution >= 0.6 is 0 Å². The van der Waals surface area contributed by atoms with Crippen molar-refractivity contribution in [1.82, 2.24) is 4.90 Å². The first-order valence-electron chi connectivity index (χ1n) is 6.21. The normalized spacial score (nSPS) is 43.7. The van der Waals surface area contributed by atoms with Crippen LogP contribution in [0.5, 0.6) is 0 Å². The van der Waals surface area contributed by atoms with Gasteiger partial charge in [0.1, 0.15) is 0 Å². The summed E-state index contributed by atoms with van der Waals surface area (Å²) in [5, 5.41) is 0. The van der Waals surface area contributed by atoms with E-state index in [9.17, 15) is 0 Å². The molecule has 4 unspecified atom stereocenters. The van der Waals surface area contributed by atoms with Crippen LogP contribution in [-0.2, 0) is 0 Å². The molecule has 0 aromatic heterocycles. The molecule has 0 amide bonds. The van der Waals surface area contributed by atoms with Crippen molar-refractivity contribution in [1.29, 1.82) is 0 Å². The molecule has 82 valence electrons. The third kappa shape index (κ3) is 1.61. The predicted octanol–water partition coefficient (Wildman–Crippen LogP) is 1.89. The lowest BCUT2D eigenvalue weighted by molar-refractivity contribution is 0.0887. The second kappa shape index (κ2) is 3.67. The lowest BCUT2D eigenvalue weighted by Crippen LogP contribution is -2.50. The first-order valence-corrected chi connectivity index (χ1v) is 6.21. The van der Waals surface area contributed by atoms with Gasteiger partial charge in [-0.3, -0.25) is 0 Å². The number of nitrogens with zero attached hydrogens (tertiary/aromatic N) is 1. The van der Waals surface area contributed by atoms with Gasteiger partial charge in [0, 0.05) is 24.5 Å². The lowest BCUT2D eigenvalue weighted by atomic mass is 9.72. The van der Waals surface area contributed by atoms with Crippen LogP contribution in [0.4, 0.5) is 0 Å². The summed E-state index contributed by atoms with van der Waals surface area (Å²) < 4.78 is 0. The third-order valence-electron chi connectivity index (χ3n) is 4.27. The molecule has 0 radical (unpaired) electrons. The summed E-state index contributed by atoms with van der Waals surface area (Å²) in [6.07, 6.45) is 14.4. The van der Waals surface area contributed by atoms with Crippen LogP contribution in [0, 0.1) is 11.8 Å². The van der Waals surface area contributed by atoms with Crippen LogP contribution in [0.2, 0.25) is 0 Å². The van der Waals surface area contributed by atoms with Gasteiger partial charge < -0.3 is 10.6 Å². The molecule has 2 nitrogen and oxygen atoms in total. The van der Waals surface area contributed by atoms with Gasteiger partial charge in [-0.1, -0.05) is 18.2 Å². The average Bonchev–Trinajstić information content (AvgIpc) is 2.29. The Balaban J connectivity index is 1.85. The molecule has 1 fully saturated rings. The molecule has 1 saturated heterocycles. The van der Waals surface area contributed by atoms with Crippen molar-refractivity contribution in [2.75, 3.05) is 6.54 Å². The molecule has 2 aliphatic heterocycles. The van der Waals surface area contributed by atoms with E-state index in [1.165, 1.54) is 25.8 Å². The molecule has 0 aromatic rings. The second-order valence-corrected chi connectivity index (χ2v) is 5.18. The molecule has 15 heavy (non-hydrogen) atoms. The van der Waals surface area contributed by atoms with Crippen molar-refractivity contribution in [3.8, 4) is 0 Å². The zero-order valence-corrected chi connectivity index (χ0v) is 9.18. The highest BCUT2D eigenvalue weighted by Gasteiger charge is 2.37. The Kier molecular flexibility index (Phi) is 2.32. The number of fused-ring (bicyclic) bond motifs is 3. The van der Waals surface area contributed by atoms with E-state index in [-0.39, 0.29) is 6.04 Å². The van der Waals surface area contributed by atoms with Gasteiger partial charge in [0.15, 0.2) is 0 Å². The molecule has 4 atom stereocenters. The summed E-state index contributed by atoms with van der Waals surface area (Å²) in [5.41, 5.74) is 6.03. The smallest absolute Gasteiger partial charge is 0.0367 e. The van der Waals surface area contributed by atoms with Gasteiger partial charge in [-0.25, -0.2) is 0 Å². The van der Waals surface area contributed by atoms with Crippen LogP contribution in [0.25, 0.3) is 0 Å². The molecule has 3 aliphatic rings. The number of allylic oxidation sites excluding steroid dienone is 1. The van der Waals surface area contributed by atoms with Gasteiger partial charge in [-0.2, -0.15) is 0 Å². The Bertz CT molecular complexity index is 295. The monoisotopic (exact) mass is 204 g/mol. The van der Waals surface area contributed by atoms with Gasteiger partial charge in [0.25, 0.3) is 0 Å². The Morgan fingerprint density at radius 1 is 1.20 bits per heavy atom. The SMILES string of the molecule is NC1C=CN2CCC3CCC=CC3C2C1. The Morgan fingerprint density at radius 3 is 3.07 bits per heavy atom.